The third kappa shape index (κ3) is 10.3. The largest absolute Gasteiger partial charge is 0.480 e. The second kappa shape index (κ2) is 16.0. The zero-order valence-electron chi connectivity index (χ0n) is 22.6. The van der Waals surface area contributed by atoms with E-state index >= 15 is 0 Å². The van der Waals surface area contributed by atoms with E-state index in [2.05, 4.69) is 33.9 Å². The summed E-state index contributed by atoms with van der Waals surface area (Å²) in [6.07, 6.45) is 0.831. The lowest BCUT2D eigenvalue weighted by atomic mass is 9.96. The number of thiol groups is 1. The lowest BCUT2D eigenvalue weighted by Gasteiger charge is -2.29. The smallest absolute Gasteiger partial charge is 0.325 e. The van der Waals surface area contributed by atoms with E-state index in [-0.39, 0.29) is 17.6 Å². The minimum absolute atomic E-state index is 0.0882. The Kier molecular flexibility index (Phi) is 13.8. The lowest BCUT2D eigenvalue weighted by molar-refractivity contribution is -0.141. The number of carboxylic acid groups (broad SMARTS) is 1. The Labute approximate surface area is 229 Å². The molecule has 0 heterocycles. The first kappa shape index (κ1) is 32.9. The third-order valence-electron chi connectivity index (χ3n) is 6.22. The maximum atomic E-state index is 13.2. The van der Waals surface area contributed by atoms with E-state index in [0.717, 1.165) is 5.56 Å². The van der Waals surface area contributed by atoms with Crippen molar-refractivity contribution >= 4 is 42.2 Å². The van der Waals surface area contributed by atoms with Crippen molar-refractivity contribution in [3.8, 4) is 0 Å². The minimum Gasteiger partial charge on any atom is -0.480 e. The van der Waals surface area contributed by atoms with Crippen LogP contribution in [0.5, 0.6) is 0 Å². The molecule has 38 heavy (non-hydrogen) atoms. The van der Waals surface area contributed by atoms with Gasteiger partial charge >= 0.3 is 5.97 Å². The summed E-state index contributed by atoms with van der Waals surface area (Å²) < 4.78 is 0. The van der Waals surface area contributed by atoms with Gasteiger partial charge in [-0.25, -0.2) is 0 Å². The van der Waals surface area contributed by atoms with Crippen LogP contribution in [0.2, 0.25) is 0 Å². The molecular weight excluding hydrogens is 510 g/mol. The molecule has 12 heteroatoms. The van der Waals surface area contributed by atoms with Gasteiger partial charge in [0.1, 0.15) is 24.2 Å². The maximum absolute atomic E-state index is 13.2. The number of rotatable bonds is 15. The molecule has 0 saturated carbocycles. The Hall–Kier alpha value is -3.12. The molecule has 7 N–H and O–H groups in total. The Morgan fingerprint density at radius 3 is 1.89 bits per heavy atom. The number of amides is 4. The number of hydrogen-bond donors (Lipinski definition) is 7. The molecule has 1 aromatic carbocycles. The molecule has 0 unspecified atom stereocenters. The van der Waals surface area contributed by atoms with E-state index in [1.54, 1.807) is 20.8 Å². The summed E-state index contributed by atoms with van der Waals surface area (Å²) in [5.41, 5.74) is 6.96. The van der Waals surface area contributed by atoms with Gasteiger partial charge in [-0.15, -0.1) is 0 Å². The molecule has 0 bridgehead atoms. The van der Waals surface area contributed by atoms with Crippen LogP contribution in [-0.2, 0) is 30.4 Å². The fourth-order valence-corrected chi connectivity index (χ4v) is 3.79. The van der Waals surface area contributed by atoms with Gasteiger partial charge < -0.3 is 32.1 Å². The molecule has 6 atom stereocenters. The Balaban J connectivity index is 2.95. The van der Waals surface area contributed by atoms with Crippen molar-refractivity contribution in [1.82, 2.24) is 21.3 Å². The molecule has 0 aromatic heterocycles. The molecule has 0 aliphatic rings. The first-order chi connectivity index (χ1) is 17.8. The van der Waals surface area contributed by atoms with Crippen molar-refractivity contribution in [2.45, 2.75) is 77.7 Å². The van der Waals surface area contributed by atoms with Crippen LogP contribution in [0.3, 0.4) is 0 Å². The van der Waals surface area contributed by atoms with Crippen LogP contribution in [-0.4, -0.2) is 70.7 Å². The number of carbonyl (C=O) groups excluding carboxylic acids is 4. The average molecular weight is 552 g/mol. The summed E-state index contributed by atoms with van der Waals surface area (Å²) in [6, 6.07) is 4.15. The summed E-state index contributed by atoms with van der Waals surface area (Å²) in [7, 11) is 0. The van der Waals surface area contributed by atoms with Gasteiger partial charge in [0, 0.05) is 5.75 Å². The summed E-state index contributed by atoms with van der Waals surface area (Å²) in [4.78, 5) is 62.6. The summed E-state index contributed by atoms with van der Waals surface area (Å²) in [5.74, 6) is -4.33. The van der Waals surface area contributed by atoms with Gasteiger partial charge in [-0.3, -0.25) is 24.0 Å². The number of nitrogens with one attached hydrogen (secondary N) is 4. The number of carbonyl (C=O) groups is 5. The quantitative estimate of drug-likeness (QED) is 0.152. The number of carboxylic acids is 1. The van der Waals surface area contributed by atoms with Crippen LogP contribution in [0.25, 0.3) is 0 Å². The van der Waals surface area contributed by atoms with Crippen molar-refractivity contribution < 1.29 is 29.1 Å². The van der Waals surface area contributed by atoms with Crippen molar-refractivity contribution in [2.24, 2.45) is 17.6 Å². The van der Waals surface area contributed by atoms with Crippen molar-refractivity contribution in [3.63, 3.8) is 0 Å². The molecule has 1 rings (SSSR count). The van der Waals surface area contributed by atoms with Crippen LogP contribution < -0.4 is 27.0 Å². The maximum Gasteiger partial charge on any atom is 0.325 e. The molecule has 212 valence electrons. The zero-order chi connectivity index (χ0) is 29.0. The Bertz CT molecular complexity index is 961. The lowest BCUT2D eigenvalue weighted by Crippen LogP contribution is -2.61. The SMILES string of the molecule is CC[C@H](C)[C@H](NC(=O)[C@@H](NC(=O)[C@@H](N)Cc1ccccc1)C(C)C)C(=O)N[C@@H](CS)C(=O)N[C@@H](C)C(=O)O. The summed E-state index contributed by atoms with van der Waals surface area (Å²) >= 11 is 4.10. The highest BCUT2D eigenvalue weighted by Crippen LogP contribution is 2.11. The van der Waals surface area contributed by atoms with Crippen LogP contribution in [0.1, 0.15) is 46.6 Å². The topological polar surface area (TPSA) is 180 Å². The monoisotopic (exact) mass is 551 g/mol. The highest BCUT2D eigenvalue weighted by Gasteiger charge is 2.34. The van der Waals surface area contributed by atoms with E-state index < -0.39 is 59.8 Å². The van der Waals surface area contributed by atoms with Crippen LogP contribution in [0, 0.1) is 11.8 Å². The van der Waals surface area contributed by atoms with Gasteiger partial charge in [-0.05, 0) is 30.7 Å². The van der Waals surface area contributed by atoms with E-state index in [4.69, 9.17) is 10.8 Å². The molecule has 0 spiro atoms. The fourth-order valence-electron chi connectivity index (χ4n) is 3.53. The van der Waals surface area contributed by atoms with Gasteiger partial charge in [0.05, 0.1) is 6.04 Å². The second-order valence-corrected chi connectivity index (χ2v) is 10.1. The Morgan fingerprint density at radius 1 is 0.842 bits per heavy atom. The first-order valence-corrected chi connectivity index (χ1v) is 13.3. The predicted molar refractivity (Wildman–Crippen MR) is 147 cm³/mol. The summed E-state index contributed by atoms with van der Waals surface area (Å²) in [6.45, 7) is 8.43. The number of nitrogens with two attached hydrogens (primary N) is 1. The standard InChI is InChI=1S/C26H41N5O6S/c1-6-15(4)21(25(35)29-19(13-38)23(33)28-16(5)26(36)37)31-24(34)20(14(2)3)30-22(32)18(27)12-17-10-8-7-9-11-17/h7-11,14-16,18-21,38H,6,12-13,27H2,1-5H3,(H,28,33)(H,29,35)(H,30,32)(H,31,34)(H,36,37)/t15-,16-,18-,19-,20-,21-/m0/s1. The normalized spacial score (nSPS) is 15.8. The van der Waals surface area contributed by atoms with Crippen molar-refractivity contribution in [1.29, 1.82) is 0 Å². The highest BCUT2D eigenvalue weighted by molar-refractivity contribution is 7.80. The summed E-state index contributed by atoms with van der Waals surface area (Å²) in [5, 5.41) is 19.3. The van der Waals surface area contributed by atoms with E-state index in [1.165, 1.54) is 6.92 Å². The van der Waals surface area contributed by atoms with Gasteiger partial charge in [0.15, 0.2) is 0 Å². The number of benzene rings is 1. The average Bonchev–Trinajstić information content (AvgIpc) is 2.87. The van der Waals surface area contributed by atoms with Gasteiger partial charge in [-0.1, -0.05) is 64.4 Å². The molecule has 0 aliphatic carbocycles. The molecular formula is C26H41N5O6S. The van der Waals surface area contributed by atoms with E-state index in [9.17, 15) is 24.0 Å². The number of hydrogen-bond acceptors (Lipinski definition) is 7. The van der Waals surface area contributed by atoms with Crippen LogP contribution in [0.15, 0.2) is 30.3 Å². The van der Waals surface area contributed by atoms with Crippen LogP contribution >= 0.6 is 12.6 Å². The molecule has 0 saturated heterocycles. The van der Waals surface area contributed by atoms with E-state index in [1.807, 2.05) is 37.3 Å². The zero-order valence-corrected chi connectivity index (χ0v) is 23.5. The molecule has 0 aliphatic heterocycles. The van der Waals surface area contributed by atoms with Gasteiger partial charge in [0.2, 0.25) is 23.6 Å². The minimum atomic E-state index is -1.22. The number of aliphatic carboxylic acids is 1. The first-order valence-electron chi connectivity index (χ1n) is 12.7. The third-order valence-corrected chi connectivity index (χ3v) is 6.59. The fraction of sp³-hybridized carbons (Fsp3) is 0.577. The van der Waals surface area contributed by atoms with Crippen molar-refractivity contribution in [2.75, 3.05) is 5.75 Å². The molecule has 4 amide bonds. The van der Waals surface area contributed by atoms with Gasteiger partial charge in [-0.2, -0.15) is 12.6 Å². The predicted octanol–water partition coefficient (Wildman–Crippen LogP) is 0.232. The van der Waals surface area contributed by atoms with Crippen molar-refractivity contribution in [3.05, 3.63) is 35.9 Å². The molecule has 0 fully saturated rings. The molecule has 1 aromatic rings. The van der Waals surface area contributed by atoms with Gasteiger partial charge in [0.25, 0.3) is 0 Å². The molecule has 11 nitrogen and oxygen atoms in total. The highest BCUT2D eigenvalue weighted by atomic mass is 32.1. The Morgan fingerprint density at radius 2 is 1.39 bits per heavy atom. The molecule has 0 radical (unpaired) electrons. The van der Waals surface area contributed by atoms with Crippen LogP contribution in [0.4, 0.5) is 0 Å². The second-order valence-electron chi connectivity index (χ2n) is 9.71. The van der Waals surface area contributed by atoms with E-state index in [0.29, 0.717) is 12.8 Å².